The summed E-state index contributed by atoms with van der Waals surface area (Å²) in [7, 11) is 2.16. The van der Waals surface area contributed by atoms with Gasteiger partial charge in [-0.2, -0.15) is 0 Å². The summed E-state index contributed by atoms with van der Waals surface area (Å²) < 4.78 is 0. The number of Topliss-reactive ketones (excluding diaryl/α,β-unsaturated/α-hetero) is 1. The Morgan fingerprint density at radius 2 is 1.18 bits per heavy atom. The van der Waals surface area contributed by atoms with Gasteiger partial charge in [-0.25, -0.2) is 0 Å². The first-order valence-corrected chi connectivity index (χ1v) is 10.5. The average molecular weight is 372 g/mol. The van der Waals surface area contributed by atoms with Gasteiger partial charge in [-0.05, 0) is 67.1 Å². The maximum Gasteiger partial charge on any atom is 0.188 e. The van der Waals surface area contributed by atoms with E-state index in [4.69, 9.17) is 0 Å². The lowest BCUT2D eigenvalue weighted by Gasteiger charge is -2.34. The second-order valence-corrected chi connectivity index (χ2v) is 7.99. The molecule has 0 amide bonds. The van der Waals surface area contributed by atoms with E-state index in [1.807, 2.05) is 0 Å². The topological polar surface area (TPSA) is 20.3 Å². The molecule has 2 unspecified atom stereocenters. The molecule has 2 nitrogen and oxygen atoms in total. The predicted molar refractivity (Wildman–Crippen MR) is 117 cm³/mol. The van der Waals surface area contributed by atoms with Gasteiger partial charge in [-0.3, -0.25) is 9.69 Å². The molecule has 2 aromatic rings. The molecule has 2 heterocycles. The van der Waals surface area contributed by atoms with Crippen LogP contribution in [0.4, 0.5) is 0 Å². The summed E-state index contributed by atoms with van der Waals surface area (Å²) in [5, 5.41) is 0. The summed E-state index contributed by atoms with van der Waals surface area (Å²) in [6.45, 7) is 4.33. The van der Waals surface area contributed by atoms with Crippen LogP contribution in [0.15, 0.2) is 59.7 Å². The number of rotatable bonds is 4. The van der Waals surface area contributed by atoms with Crippen molar-refractivity contribution in [1.82, 2.24) is 4.90 Å². The van der Waals surface area contributed by atoms with Gasteiger partial charge in [-0.15, -0.1) is 0 Å². The highest BCUT2D eigenvalue weighted by atomic mass is 16.1. The maximum absolute atomic E-state index is 13.4. The molecule has 144 valence electrons. The number of fused-ring (bicyclic) bond motifs is 2. The number of hydrogen-bond donors (Lipinski definition) is 0. The molecule has 0 aliphatic carbocycles. The van der Waals surface area contributed by atoms with Crippen LogP contribution in [0.5, 0.6) is 0 Å². The largest absolute Gasteiger partial charge is 0.292 e. The van der Waals surface area contributed by atoms with E-state index in [1.54, 1.807) is 0 Å². The molecular weight excluding hydrogens is 342 g/mol. The molecule has 28 heavy (non-hydrogen) atoms. The molecule has 2 atom stereocenters. The fourth-order valence-corrected chi connectivity index (χ4v) is 4.54. The Balaban J connectivity index is 1.70. The third-order valence-electron chi connectivity index (χ3n) is 6.36. The minimum absolute atomic E-state index is 0.227. The minimum atomic E-state index is 0.227. The Kier molecular flexibility index (Phi) is 5.32. The predicted octanol–water partition coefficient (Wildman–Crippen LogP) is 5.32. The molecular formula is C26H29NO. The van der Waals surface area contributed by atoms with Crippen molar-refractivity contribution in [3.63, 3.8) is 0 Å². The first-order valence-electron chi connectivity index (χ1n) is 10.5. The second kappa shape index (κ2) is 7.89. The van der Waals surface area contributed by atoms with Crippen LogP contribution >= 0.6 is 0 Å². The highest BCUT2D eigenvalue weighted by molar-refractivity contribution is 6.16. The van der Waals surface area contributed by atoms with Gasteiger partial charge in [-0.1, -0.05) is 62.4 Å². The van der Waals surface area contributed by atoms with Crippen molar-refractivity contribution in [2.75, 3.05) is 7.05 Å². The van der Waals surface area contributed by atoms with Crippen LogP contribution in [0, 0.1) is 0 Å². The van der Waals surface area contributed by atoms with E-state index >= 15 is 0 Å². The van der Waals surface area contributed by atoms with Gasteiger partial charge in [0.25, 0.3) is 0 Å². The number of ketones is 1. The van der Waals surface area contributed by atoms with Gasteiger partial charge < -0.3 is 0 Å². The Hall–Kier alpha value is -2.45. The van der Waals surface area contributed by atoms with Crippen LogP contribution < -0.4 is 0 Å². The van der Waals surface area contributed by atoms with E-state index in [1.165, 1.54) is 11.1 Å². The summed E-state index contributed by atoms with van der Waals surface area (Å²) in [6, 6.07) is 17.6. The molecule has 2 aromatic carbocycles. The van der Waals surface area contributed by atoms with Crippen LogP contribution in [-0.4, -0.2) is 29.8 Å². The van der Waals surface area contributed by atoms with Gasteiger partial charge in [0.05, 0.1) is 0 Å². The number of hydrogen-bond acceptors (Lipinski definition) is 2. The van der Waals surface area contributed by atoms with Gasteiger partial charge >= 0.3 is 0 Å². The molecule has 0 saturated carbocycles. The maximum atomic E-state index is 13.4. The second-order valence-electron chi connectivity index (χ2n) is 7.99. The Labute approximate surface area is 168 Å². The Morgan fingerprint density at radius 3 is 1.54 bits per heavy atom. The number of carbonyl (C=O) groups excluding carboxylic acids is 1. The van der Waals surface area contributed by atoms with E-state index < -0.39 is 0 Å². The Morgan fingerprint density at radius 1 is 0.786 bits per heavy atom. The normalized spacial score (nSPS) is 25.0. The summed E-state index contributed by atoms with van der Waals surface area (Å²) in [6.07, 6.45) is 8.39. The van der Waals surface area contributed by atoms with Crippen molar-refractivity contribution < 1.29 is 4.79 Å². The number of aryl methyl sites for hydroxylation is 2. The summed E-state index contributed by atoms with van der Waals surface area (Å²) in [5.41, 5.74) is 6.77. The highest BCUT2D eigenvalue weighted by Gasteiger charge is 2.44. The van der Waals surface area contributed by atoms with Crippen LogP contribution in [0.25, 0.3) is 12.2 Å². The molecule has 0 aromatic heterocycles. The summed E-state index contributed by atoms with van der Waals surface area (Å²) >= 11 is 0. The van der Waals surface area contributed by atoms with Gasteiger partial charge in [0.15, 0.2) is 5.78 Å². The molecule has 2 aliphatic rings. The smallest absolute Gasteiger partial charge is 0.188 e. The van der Waals surface area contributed by atoms with Crippen molar-refractivity contribution in [2.45, 2.75) is 51.6 Å². The lowest BCUT2D eigenvalue weighted by Crippen LogP contribution is -2.43. The zero-order valence-electron chi connectivity index (χ0n) is 17.1. The molecule has 2 fully saturated rings. The van der Waals surface area contributed by atoms with E-state index in [0.29, 0.717) is 0 Å². The zero-order chi connectivity index (χ0) is 19.7. The molecule has 2 heteroatoms. The SMILES string of the molecule is CCc1ccc(C=C2C(=O)C(=Cc3ccc(CC)cc3)C3CCC2N3C)cc1. The average Bonchev–Trinajstić information content (AvgIpc) is 3.04. The summed E-state index contributed by atoms with van der Waals surface area (Å²) in [5.74, 6) is 0.227. The third kappa shape index (κ3) is 3.49. The lowest BCUT2D eigenvalue weighted by atomic mass is 9.88. The van der Waals surface area contributed by atoms with Crippen molar-refractivity contribution in [2.24, 2.45) is 0 Å². The van der Waals surface area contributed by atoms with E-state index in [0.717, 1.165) is 48.0 Å². The quantitative estimate of drug-likeness (QED) is 0.678. The Bertz CT molecular complexity index is 842. The summed E-state index contributed by atoms with van der Waals surface area (Å²) in [4.78, 5) is 15.8. The molecule has 0 radical (unpaired) electrons. The van der Waals surface area contributed by atoms with Gasteiger partial charge in [0.2, 0.25) is 0 Å². The van der Waals surface area contributed by atoms with Crippen molar-refractivity contribution >= 4 is 17.9 Å². The lowest BCUT2D eigenvalue weighted by molar-refractivity contribution is -0.114. The third-order valence-corrected chi connectivity index (χ3v) is 6.36. The van der Waals surface area contributed by atoms with Crippen molar-refractivity contribution in [1.29, 1.82) is 0 Å². The van der Waals surface area contributed by atoms with E-state index in [2.05, 4.69) is 86.5 Å². The van der Waals surface area contributed by atoms with Gasteiger partial charge in [0.1, 0.15) is 0 Å². The van der Waals surface area contributed by atoms with Crippen LogP contribution in [0.2, 0.25) is 0 Å². The molecule has 2 aliphatic heterocycles. The number of benzene rings is 2. The van der Waals surface area contributed by atoms with Gasteiger partial charge in [0, 0.05) is 23.2 Å². The van der Waals surface area contributed by atoms with Crippen LogP contribution in [-0.2, 0) is 17.6 Å². The number of piperidine rings is 1. The number of nitrogens with zero attached hydrogens (tertiary/aromatic N) is 1. The first kappa shape index (κ1) is 18.9. The molecule has 2 bridgehead atoms. The highest BCUT2D eigenvalue weighted by Crippen LogP contribution is 2.40. The number of likely N-dealkylation sites (N-methyl/N-ethyl adjacent to an activating group) is 1. The van der Waals surface area contributed by atoms with Crippen LogP contribution in [0.1, 0.15) is 48.9 Å². The fraction of sp³-hybridized carbons (Fsp3) is 0.346. The standard InChI is InChI=1S/C26H29NO/c1-4-18-6-10-20(11-7-18)16-22-24-14-15-25(27(24)3)23(26(22)28)17-21-12-8-19(5-2)9-13-21/h6-13,16-17,24-25H,4-5,14-15H2,1-3H3. The molecule has 2 saturated heterocycles. The molecule has 0 spiro atoms. The van der Waals surface area contributed by atoms with Crippen molar-refractivity contribution in [3.05, 3.63) is 81.9 Å². The minimum Gasteiger partial charge on any atom is -0.292 e. The first-order chi connectivity index (χ1) is 13.6. The number of carbonyl (C=O) groups is 1. The molecule has 0 N–H and O–H groups in total. The van der Waals surface area contributed by atoms with Crippen LogP contribution in [0.3, 0.4) is 0 Å². The fourth-order valence-electron chi connectivity index (χ4n) is 4.54. The zero-order valence-corrected chi connectivity index (χ0v) is 17.1. The van der Waals surface area contributed by atoms with Crippen molar-refractivity contribution in [3.8, 4) is 0 Å². The van der Waals surface area contributed by atoms with E-state index in [-0.39, 0.29) is 17.9 Å². The molecule has 4 rings (SSSR count). The monoisotopic (exact) mass is 371 g/mol. The van der Waals surface area contributed by atoms with E-state index in [9.17, 15) is 4.79 Å².